The number of urea groups is 1. The lowest BCUT2D eigenvalue weighted by Gasteiger charge is -2.18. The monoisotopic (exact) mass is 410 g/mol. The van der Waals surface area contributed by atoms with Gasteiger partial charge in [-0.05, 0) is 30.7 Å². The normalized spacial score (nSPS) is 13.7. The fourth-order valence-electron chi connectivity index (χ4n) is 2.76. The van der Waals surface area contributed by atoms with Crippen molar-refractivity contribution in [1.82, 2.24) is 15.3 Å². The van der Waals surface area contributed by atoms with Gasteiger partial charge in [-0.3, -0.25) is 14.9 Å². The molecule has 148 valence electrons. The summed E-state index contributed by atoms with van der Waals surface area (Å²) in [4.78, 5) is 45.0. The number of amides is 3. The maximum Gasteiger partial charge on any atom is 0.318 e. The van der Waals surface area contributed by atoms with E-state index in [4.69, 9.17) is 5.73 Å². The van der Waals surface area contributed by atoms with Crippen molar-refractivity contribution in [2.45, 2.75) is 57.9 Å². The molecular weight excluding hydrogens is 384 g/mol. The lowest BCUT2D eigenvalue weighted by atomic mass is 9.98. The molecule has 0 radical (unpaired) electrons. The molecule has 2 unspecified atom stereocenters. The minimum atomic E-state index is -0.897. The summed E-state index contributed by atoms with van der Waals surface area (Å²) < 4.78 is 0. The average molecular weight is 411 g/mol. The van der Waals surface area contributed by atoms with E-state index < -0.39 is 17.2 Å². The van der Waals surface area contributed by atoms with Crippen molar-refractivity contribution in [2.24, 2.45) is 17.6 Å². The fraction of sp³-hybridized carbons (Fsp3) is 0.556. The zero-order chi connectivity index (χ0) is 20.3. The van der Waals surface area contributed by atoms with Crippen molar-refractivity contribution in [3.63, 3.8) is 0 Å². The maximum absolute atomic E-state index is 12.7. The second-order valence-electron chi connectivity index (χ2n) is 7.04. The van der Waals surface area contributed by atoms with Crippen LogP contribution >= 0.6 is 23.1 Å². The number of carbonyl (C=O) groups is 2. The van der Waals surface area contributed by atoms with Crippen LogP contribution in [0.4, 0.5) is 4.79 Å². The van der Waals surface area contributed by atoms with Crippen molar-refractivity contribution >= 4 is 45.3 Å². The Hall–Kier alpha value is -1.87. The van der Waals surface area contributed by atoms with Crippen molar-refractivity contribution in [1.29, 1.82) is 0 Å². The zero-order valence-corrected chi connectivity index (χ0v) is 17.8. The van der Waals surface area contributed by atoms with Crippen molar-refractivity contribution in [2.75, 3.05) is 0 Å². The molecule has 7 nitrogen and oxygen atoms in total. The summed E-state index contributed by atoms with van der Waals surface area (Å²) in [5.74, 6) is -0.0933. The largest absolute Gasteiger partial charge is 0.351 e. The van der Waals surface area contributed by atoms with E-state index >= 15 is 0 Å². The lowest BCUT2D eigenvalue weighted by molar-refractivity contribution is -0.120. The molecule has 2 aromatic rings. The number of aromatic nitrogens is 2. The van der Waals surface area contributed by atoms with E-state index in [-0.39, 0.29) is 11.5 Å². The minimum Gasteiger partial charge on any atom is -0.351 e. The van der Waals surface area contributed by atoms with E-state index in [1.54, 1.807) is 0 Å². The first-order valence-corrected chi connectivity index (χ1v) is 10.6. The average Bonchev–Trinajstić information content (AvgIpc) is 2.87. The third-order valence-electron chi connectivity index (χ3n) is 4.44. The molecule has 3 amide bonds. The van der Waals surface area contributed by atoms with Gasteiger partial charge in [0, 0.05) is 4.88 Å². The Morgan fingerprint density at radius 1 is 1.33 bits per heavy atom. The predicted molar refractivity (Wildman–Crippen MR) is 110 cm³/mol. The van der Waals surface area contributed by atoms with Gasteiger partial charge in [-0.25, -0.2) is 9.78 Å². The molecule has 2 heterocycles. The number of nitrogens with two attached hydrogens (primary N) is 1. The number of hydrogen-bond acceptors (Lipinski definition) is 6. The molecule has 2 aromatic heterocycles. The summed E-state index contributed by atoms with van der Waals surface area (Å²) in [6.07, 6.45) is 1.89. The fourth-order valence-corrected chi connectivity index (χ4v) is 4.84. The molecule has 4 N–H and O–H groups in total. The first kappa shape index (κ1) is 21.4. The first-order valence-electron chi connectivity index (χ1n) is 8.93. The van der Waals surface area contributed by atoms with Gasteiger partial charge in [0.2, 0.25) is 5.91 Å². The van der Waals surface area contributed by atoms with Crippen LogP contribution < -0.4 is 16.6 Å². The summed E-state index contributed by atoms with van der Waals surface area (Å²) in [5, 5.41) is 2.51. The van der Waals surface area contributed by atoms with Gasteiger partial charge in [-0.1, -0.05) is 45.9 Å². The number of thiophene rings is 1. The third-order valence-corrected chi connectivity index (χ3v) is 6.91. The van der Waals surface area contributed by atoms with Gasteiger partial charge in [0.1, 0.15) is 4.83 Å². The van der Waals surface area contributed by atoms with Gasteiger partial charge < -0.3 is 10.7 Å². The van der Waals surface area contributed by atoms with Crippen molar-refractivity contribution < 1.29 is 9.59 Å². The molecule has 0 aromatic carbocycles. The molecule has 0 spiro atoms. The number of nitrogens with zero attached hydrogens (tertiary/aromatic N) is 1. The van der Waals surface area contributed by atoms with Gasteiger partial charge in [-0.2, -0.15) is 0 Å². The Labute approximate surface area is 166 Å². The smallest absolute Gasteiger partial charge is 0.318 e. The highest BCUT2D eigenvalue weighted by atomic mass is 32.2. The van der Waals surface area contributed by atoms with Crippen LogP contribution in [0, 0.1) is 18.8 Å². The van der Waals surface area contributed by atoms with Crippen LogP contribution in [0.3, 0.4) is 0 Å². The molecule has 2 atom stereocenters. The summed E-state index contributed by atoms with van der Waals surface area (Å²) in [7, 11) is 0. The molecular formula is C18H26N4O3S2. The number of primary amides is 1. The van der Waals surface area contributed by atoms with E-state index in [0.717, 1.165) is 35.0 Å². The number of aryl methyl sites for hydroxylation is 1. The molecule has 0 fully saturated rings. The summed E-state index contributed by atoms with van der Waals surface area (Å²) in [6, 6.07) is -0.897. The van der Waals surface area contributed by atoms with Gasteiger partial charge >= 0.3 is 6.03 Å². The highest BCUT2D eigenvalue weighted by Gasteiger charge is 2.26. The number of H-pyrrole nitrogens is 1. The molecule has 0 bridgehead atoms. The van der Waals surface area contributed by atoms with Crippen molar-refractivity contribution in [3.05, 3.63) is 20.8 Å². The minimum absolute atomic E-state index is 0.0821. The third kappa shape index (κ3) is 5.10. The first-order chi connectivity index (χ1) is 12.6. The van der Waals surface area contributed by atoms with E-state index in [9.17, 15) is 14.4 Å². The molecule has 0 aliphatic rings. The van der Waals surface area contributed by atoms with Gasteiger partial charge in [-0.15, -0.1) is 11.3 Å². The van der Waals surface area contributed by atoms with Crippen LogP contribution in [-0.4, -0.2) is 27.2 Å². The Morgan fingerprint density at radius 2 is 2.00 bits per heavy atom. The molecule has 0 saturated carbocycles. The highest BCUT2D eigenvalue weighted by Crippen LogP contribution is 2.32. The molecule has 2 rings (SSSR count). The van der Waals surface area contributed by atoms with E-state index in [2.05, 4.69) is 29.1 Å². The summed E-state index contributed by atoms with van der Waals surface area (Å²) in [5.41, 5.74) is 5.91. The number of hydrogen-bond donors (Lipinski definition) is 3. The van der Waals surface area contributed by atoms with Crippen LogP contribution in [0.25, 0.3) is 10.2 Å². The SMILES string of the molecule is CCC(C)Cc1c(C)sc2nc(SC(C(=O)NC(N)=O)C(C)C)[nH]c(=O)c12. The van der Waals surface area contributed by atoms with Crippen LogP contribution in [0.5, 0.6) is 0 Å². The van der Waals surface area contributed by atoms with Crippen LogP contribution in [0.2, 0.25) is 0 Å². The number of thioether (sulfide) groups is 1. The van der Waals surface area contributed by atoms with E-state index in [0.29, 0.717) is 21.3 Å². The van der Waals surface area contributed by atoms with Gasteiger partial charge in [0.25, 0.3) is 5.56 Å². The molecule has 9 heteroatoms. The Bertz CT molecular complexity index is 904. The standard InChI is InChI=1S/C18H26N4O3S2/c1-6-9(4)7-11-10(5)26-16-12(11)14(23)21-18(22-16)27-13(8(2)3)15(24)20-17(19)25/h8-9,13H,6-7H2,1-5H3,(H,21,22,23)(H3,19,20,24,25). The second kappa shape index (κ2) is 8.88. The summed E-state index contributed by atoms with van der Waals surface area (Å²) in [6.45, 7) is 10.0. The molecule has 27 heavy (non-hydrogen) atoms. The number of rotatable bonds is 7. The molecule has 0 saturated heterocycles. The van der Waals surface area contributed by atoms with Gasteiger partial charge in [0.05, 0.1) is 10.6 Å². The zero-order valence-electron chi connectivity index (χ0n) is 16.2. The Kier molecular flexibility index (Phi) is 7.05. The number of fused-ring (bicyclic) bond motifs is 1. The van der Waals surface area contributed by atoms with Crippen LogP contribution in [0.1, 0.15) is 44.6 Å². The van der Waals surface area contributed by atoms with E-state index in [1.807, 2.05) is 20.8 Å². The second-order valence-corrected chi connectivity index (χ2v) is 9.38. The van der Waals surface area contributed by atoms with Crippen molar-refractivity contribution in [3.8, 4) is 0 Å². The van der Waals surface area contributed by atoms with Gasteiger partial charge in [0.15, 0.2) is 5.16 Å². The lowest BCUT2D eigenvalue weighted by Crippen LogP contribution is -2.42. The Morgan fingerprint density at radius 3 is 2.56 bits per heavy atom. The number of carbonyl (C=O) groups excluding carboxylic acids is 2. The molecule has 0 aliphatic carbocycles. The molecule has 0 aliphatic heterocycles. The Balaban J connectivity index is 2.39. The topological polar surface area (TPSA) is 118 Å². The van der Waals surface area contributed by atoms with E-state index in [1.165, 1.54) is 11.3 Å². The summed E-state index contributed by atoms with van der Waals surface area (Å²) >= 11 is 2.62. The maximum atomic E-state index is 12.7. The highest BCUT2D eigenvalue weighted by molar-refractivity contribution is 8.00. The quantitative estimate of drug-likeness (QED) is 0.478. The number of nitrogens with one attached hydrogen (secondary N) is 2. The van der Waals surface area contributed by atoms with Crippen LogP contribution in [0.15, 0.2) is 9.95 Å². The predicted octanol–water partition coefficient (Wildman–Crippen LogP) is 3.19. The number of imide groups is 1. The number of aromatic amines is 1. The van der Waals surface area contributed by atoms with Crippen LogP contribution in [-0.2, 0) is 11.2 Å².